The number of benzene rings is 1. The number of hydrogen-bond donors (Lipinski definition) is 1. The van der Waals surface area contributed by atoms with E-state index in [1.165, 1.54) is 62.0 Å². The van der Waals surface area contributed by atoms with Gasteiger partial charge in [0.05, 0.1) is 21.4 Å². The van der Waals surface area contributed by atoms with Crippen LogP contribution < -0.4 is 5.32 Å². The van der Waals surface area contributed by atoms with Crippen molar-refractivity contribution < 1.29 is 12.8 Å². The standard InChI is InChI=1S/C17H14B2FN3O2S/c1-21-17(18,19)12-9-16(14-6-2-3-7-15(14)20)23(11-12)26(24,25)13-5-4-8-22-10-13/h2-11,21H,1H3. The molecule has 3 rings (SSSR count). The summed E-state index contributed by atoms with van der Waals surface area (Å²) in [5.74, 6) is -0.566. The molecule has 3 aromatic rings. The second-order valence-corrected chi connectivity index (χ2v) is 7.52. The Morgan fingerprint density at radius 3 is 2.54 bits per heavy atom. The third-order valence-corrected chi connectivity index (χ3v) is 5.68. The molecule has 128 valence electrons. The van der Waals surface area contributed by atoms with Crippen molar-refractivity contribution in [1.29, 1.82) is 0 Å². The van der Waals surface area contributed by atoms with Crippen LogP contribution in [0.4, 0.5) is 4.39 Å². The van der Waals surface area contributed by atoms with Crippen LogP contribution in [0.15, 0.2) is 66.0 Å². The van der Waals surface area contributed by atoms with Crippen molar-refractivity contribution in [2.45, 2.75) is 10.2 Å². The zero-order chi connectivity index (χ0) is 18.9. The SMILES string of the molecule is [B]C([B])(NC)c1cc(-c2ccccc2F)n(S(=O)(=O)c2cccnc2)c1. The van der Waals surface area contributed by atoms with E-state index in [2.05, 4.69) is 10.3 Å². The van der Waals surface area contributed by atoms with Crippen LogP contribution in [0.2, 0.25) is 0 Å². The molecule has 26 heavy (non-hydrogen) atoms. The zero-order valence-electron chi connectivity index (χ0n) is 13.9. The molecule has 0 unspecified atom stereocenters. The summed E-state index contributed by atoms with van der Waals surface area (Å²) in [6, 6.07) is 10.2. The van der Waals surface area contributed by atoms with Crippen LogP contribution >= 0.6 is 0 Å². The van der Waals surface area contributed by atoms with E-state index < -0.39 is 21.2 Å². The molecule has 0 aliphatic rings. The summed E-state index contributed by atoms with van der Waals surface area (Å²) in [4.78, 5) is 3.80. The number of pyridine rings is 1. The van der Waals surface area contributed by atoms with Gasteiger partial charge in [-0.15, -0.1) is 0 Å². The fourth-order valence-electron chi connectivity index (χ4n) is 2.49. The van der Waals surface area contributed by atoms with E-state index in [1.807, 2.05) is 0 Å². The van der Waals surface area contributed by atoms with Crippen molar-refractivity contribution in [3.8, 4) is 11.3 Å². The number of nitrogens with zero attached hydrogens (tertiary/aromatic N) is 2. The number of rotatable bonds is 5. The maximum atomic E-state index is 14.3. The van der Waals surface area contributed by atoms with Crippen LogP contribution in [0.5, 0.6) is 0 Å². The first-order valence-electron chi connectivity index (χ1n) is 7.67. The highest BCUT2D eigenvalue weighted by molar-refractivity contribution is 7.90. The molecule has 0 atom stereocenters. The molecule has 4 radical (unpaired) electrons. The van der Waals surface area contributed by atoms with Crippen LogP contribution in [0.25, 0.3) is 11.3 Å². The van der Waals surface area contributed by atoms with Crippen molar-refractivity contribution in [3.05, 3.63) is 72.4 Å². The van der Waals surface area contributed by atoms with Gasteiger partial charge < -0.3 is 5.32 Å². The molecule has 2 heterocycles. The molecule has 0 bridgehead atoms. The summed E-state index contributed by atoms with van der Waals surface area (Å²) in [6.07, 6.45) is 3.96. The van der Waals surface area contributed by atoms with Gasteiger partial charge in [-0.25, -0.2) is 16.8 Å². The first kappa shape index (κ1) is 18.4. The van der Waals surface area contributed by atoms with Gasteiger partial charge in [-0.1, -0.05) is 12.1 Å². The maximum absolute atomic E-state index is 14.3. The summed E-state index contributed by atoms with van der Waals surface area (Å²) in [5.41, 5.74) is 0.501. The largest absolute Gasteiger partial charge is 0.327 e. The van der Waals surface area contributed by atoms with Gasteiger partial charge in [0.15, 0.2) is 0 Å². The zero-order valence-corrected chi connectivity index (χ0v) is 14.7. The quantitative estimate of drug-likeness (QED) is 0.698. The van der Waals surface area contributed by atoms with Gasteiger partial charge >= 0.3 is 0 Å². The predicted molar refractivity (Wildman–Crippen MR) is 98.9 cm³/mol. The summed E-state index contributed by atoms with van der Waals surface area (Å²) in [7, 11) is 9.44. The molecule has 0 spiro atoms. The molecule has 0 aliphatic carbocycles. The minimum atomic E-state index is -4.03. The molecule has 1 N–H and O–H groups in total. The molecular weight excluding hydrogens is 351 g/mol. The Kier molecular flexibility index (Phi) is 4.77. The summed E-state index contributed by atoms with van der Waals surface area (Å²) >= 11 is 0. The second kappa shape index (κ2) is 6.74. The Balaban J connectivity index is 2.29. The Labute approximate surface area is 154 Å². The van der Waals surface area contributed by atoms with Gasteiger partial charge in [-0.2, -0.15) is 0 Å². The van der Waals surface area contributed by atoms with E-state index in [-0.39, 0.29) is 21.7 Å². The molecule has 0 aliphatic heterocycles. The Morgan fingerprint density at radius 2 is 1.92 bits per heavy atom. The van der Waals surface area contributed by atoms with Crippen LogP contribution in [0.1, 0.15) is 5.56 Å². The molecular formula is C17H14B2FN3O2S. The molecule has 0 fully saturated rings. The van der Waals surface area contributed by atoms with Crippen LogP contribution in [-0.2, 0) is 15.4 Å². The van der Waals surface area contributed by atoms with Gasteiger partial charge in [0.2, 0.25) is 0 Å². The third kappa shape index (κ3) is 3.20. The number of hydrogen-bond acceptors (Lipinski definition) is 4. The fourth-order valence-corrected chi connectivity index (χ4v) is 3.83. The highest BCUT2D eigenvalue weighted by Crippen LogP contribution is 2.31. The lowest BCUT2D eigenvalue weighted by Crippen LogP contribution is -2.40. The number of nitrogens with one attached hydrogen (secondary N) is 1. The monoisotopic (exact) mass is 365 g/mol. The molecule has 5 nitrogen and oxygen atoms in total. The van der Waals surface area contributed by atoms with E-state index in [4.69, 9.17) is 15.7 Å². The lowest BCUT2D eigenvalue weighted by molar-refractivity contribution is 0.587. The lowest BCUT2D eigenvalue weighted by Gasteiger charge is -2.23. The van der Waals surface area contributed by atoms with Gasteiger partial charge in [0, 0.05) is 24.2 Å². The number of aromatic nitrogens is 2. The normalized spacial score (nSPS) is 12.2. The first-order chi connectivity index (χ1) is 12.3. The van der Waals surface area contributed by atoms with Crippen molar-refractivity contribution in [3.63, 3.8) is 0 Å². The Morgan fingerprint density at radius 1 is 1.19 bits per heavy atom. The van der Waals surface area contributed by atoms with Gasteiger partial charge in [-0.05, 0) is 48.3 Å². The number of halogens is 1. The third-order valence-electron chi connectivity index (χ3n) is 4.02. The van der Waals surface area contributed by atoms with Gasteiger partial charge in [0.25, 0.3) is 10.0 Å². The molecule has 0 saturated carbocycles. The summed E-state index contributed by atoms with van der Waals surface area (Å²) < 4.78 is 41.4. The van der Waals surface area contributed by atoms with Crippen LogP contribution in [0.3, 0.4) is 0 Å². The second-order valence-electron chi connectivity index (χ2n) is 5.70. The van der Waals surface area contributed by atoms with Gasteiger partial charge in [-0.3, -0.25) is 4.98 Å². The van der Waals surface area contributed by atoms with Gasteiger partial charge in [0.1, 0.15) is 10.7 Å². The Bertz CT molecular complexity index is 1040. The van der Waals surface area contributed by atoms with Crippen molar-refractivity contribution in [1.82, 2.24) is 14.3 Å². The highest BCUT2D eigenvalue weighted by Gasteiger charge is 2.27. The fraction of sp³-hybridized carbons (Fsp3) is 0.118. The first-order valence-corrected chi connectivity index (χ1v) is 9.11. The smallest absolute Gasteiger partial charge is 0.269 e. The van der Waals surface area contributed by atoms with Crippen LogP contribution in [0, 0.1) is 5.82 Å². The van der Waals surface area contributed by atoms with E-state index >= 15 is 0 Å². The van der Waals surface area contributed by atoms with Crippen molar-refractivity contribution in [2.24, 2.45) is 0 Å². The van der Waals surface area contributed by atoms with Crippen LogP contribution in [-0.4, -0.2) is 40.1 Å². The minimum absolute atomic E-state index is 0.0381. The minimum Gasteiger partial charge on any atom is -0.327 e. The summed E-state index contributed by atoms with van der Waals surface area (Å²) in [6.45, 7) is 0. The molecule has 2 aromatic heterocycles. The molecule has 9 heteroatoms. The molecule has 0 saturated heterocycles. The summed E-state index contributed by atoms with van der Waals surface area (Å²) in [5, 5.41) is 1.21. The Hall–Kier alpha value is -2.38. The topological polar surface area (TPSA) is 64.0 Å². The average molecular weight is 365 g/mol. The van der Waals surface area contributed by atoms with E-state index in [9.17, 15) is 12.8 Å². The highest BCUT2D eigenvalue weighted by atomic mass is 32.2. The van der Waals surface area contributed by atoms with E-state index in [0.29, 0.717) is 0 Å². The van der Waals surface area contributed by atoms with E-state index in [1.54, 1.807) is 6.07 Å². The lowest BCUT2D eigenvalue weighted by atomic mass is 9.59. The predicted octanol–water partition coefficient (Wildman–Crippen LogP) is 1.59. The molecule has 0 amide bonds. The molecule has 1 aromatic carbocycles. The average Bonchev–Trinajstić information content (AvgIpc) is 3.10. The van der Waals surface area contributed by atoms with Crippen molar-refractivity contribution in [2.75, 3.05) is 7.05 Å². The van der Waals surface area contributed by atoms with Crippen molar-refractivity contribution >= 4 is 25.7 Å². The maximum Gasteiger partial charge on any atom is 0.269 e. The van der Waals surface area contributed by atoms with E-state index in [0.717, 1.165) is 3.97 Å².